The summed E-state index contributed by atoms with van der Waals surface area (Å²) in [6.07, 6.45) is 1.07. The SMILES string of the molecule is CNC1CC(Oc2ccc(Cl)c(Cl)c2)C1OC. The zero-order chi connectivity index (χ0) is 12.4. The van der Waals surface area contributed by atoms with E-state index in [4.69, 9.17) is 32.7 Å². The molecule has 0 heterocycles. The molecule has 1 aliphatic rings. The van der Waals surface area contributed by atoms with Crippen LogP contribution in [0.1, 0.15) is 6.42 Å². The van der Waals surface area contributed by atoms with Gasteiger partial charge in [-0.3, -0.25) is 0 Å². The zero-order valence-electron chi connectivity index (χ0n) is 9.74. The number of hydrogen-bond donors (Lipinski definition) is 1. The number of likely N-dealkylation sites (N-methyl/N-ethyl adjacent to an activating group) is 1. The van der Waals surface area contributed by atoms with E-state index in [1.54, 1.807) is 19.2 Å². The molecule has 0 aromatic heterocycles. The minimum atomic E-state index is 0.0645. The molecule has 0 spiro atoms. The number of hydrogen-bond acceptors (Lipinski definition) is 3. The summed E-state index contributed by atoms with van der Waals surface area (Å²) in [6.45, 7) is 0. The molecule has 94 valence electrons. The molecule has 1 fully saturated rings. The Morgan fingerprint density at radius 1 is 1.29 bits per heavy atom. The van der Waals surface area contributed by atoms with Crippen molar-refractivity contribution in [2.24, 2.45) is 0 Å². The van der Waals surface area contributed by atoms with Gasteiger partial charge in [-0.2, -0.15) is 0 Å². The summed E-state index contributed by atoms with van der Waals surface area (Å²) in [6, 6.07) is 5.62. The number of methoxy groups -OCH3 is 1. The maximum absolute atomic E-state index is 5.93. The fourth-order valence-electron chi connectivity index (χ4n) is 2.02. The van der Waals surface area contributed by atoms with Crippen LogP contribution in [0.5, 0.6) is 5.75 Å². The summed E-state index contributed by atoms with van der Waals surface area (Å²) in [7, 11) is 3.62. The van der Waals surface area contributed by atoms with Crippen molar-refractivity contribution in [3.05, 3.63) is 28.2 Å². The molecule has 0 radical (unpaired) electrons. The summed E-state index contributed by atoms with van der Waals surface area (Å²) in [5.74, 6) is 0.723. The van der Waals surface area contributed by atoms with E-state index in [1.165, 1.54) is 0 Å². The number of ether oxygens (including phenoxy) is 2. The molecule has 0 aliphatic heterocycles. The Labute approximate surface area is 111 Å². The lowest BCUT2D eigenvalue weighted by molar-refractivity contribution is -0.0869. The van der Waals surface area contributed by atoms with Gasteiger partial charge < -0.3 is 14.8 Å². The molecule has 0 saturated heterocycles. The van der Waals surface area contributed by atoms with Crippen molar-refractivity contribution >= 4 is 23.2 Å². The van der Waals surface area contributed by atoms with Crippen LogP contribution in [0.25, 0.3) is 0 Å². The molecule has 0 amide bonds. The Morgan fingerprint density at radius 2 is 2.06 bits per heavy atom. The van der Waals surface area contributed by atoms with Crippen molar-refractivity contribution < 1.29 is 9.47 Å². The standard InChI is InChI=1S/C12H15Cl2NO2/c1-15-10-6-11(12(10)16-2)17-7-3-4-8(13)9(14)5-7/h3-5,10-12,15H,6H2,1-2H3. The fraction of sp³-hybridized carbons (Fsp3) is 0.500. The minimum absolute atomic E-state index is 0.0645. The van der Waals surface area contributed by atoms with Crippen LogP contribution in [-0.2, 0) is 4.74 Å². The Morgan fingerprint density at radius 3 is 2.65 bits per heavy atom. The van der Waals surface area contributed by atoms with Gasteiger partial charge in [-0.25, -0.2) is 0 Å². The Balaban J connectivity index is 2.00. The average Bonchev–Trinajstić information content (AvgIpc) is 2.29. The van der Waals surface area contributed by atoms with Gasteiger partial charge >= 0.3 is 0 Å². The minimum Gasteiger partial charge on any atom is -0.488 e. The van der Waals surface area contributed by atoms with Crippen LogP contribution < -0.4 is 10.1 Å². The van der Waals surface area contributed by atoms with E-state index in [0.717, 1.165) is 12.2 Å². The number of halogens is 2. The molecular formula is C12H15Cl2NO2. The van der Waals surface area contributed by atoms with Gasteiger partial charge in [0.25, 0.3) is 0 Å². The van der Waals surface area contributed by atoms with Gasteiger partial charge in [-0.15, -0.1) is 0 Å². The molecule has 1 aliphatic carbocycles. The van der Waals surface area contributed by atoms with Gasteiger partial charge in [0, 0.05) is 25.6 Å². The lowest BCUT2D eigenvalue weighted by atomic mass is 9.85. The molecular weight excluding hydrogens is 261 g/mol. The van der Waals surface area contributed by atoms with Gasteiger partial charge in [0.1, 0.15) is 18.0 Å². The smallest absolute Gasteiger partial charge is 0.128 e. The van der Waals surface area contributed by atoms with Crippen LogP contribution in [0.15, 0.2) is 18.2 Å². The van der Waals surface area contributed by atoms with Crippen molar-refractivity contribution in [3.8, 4) is 5.75 Å². The third-order valence-corrected chi connectivity index (χ3v) is 3.81. The first kappa shape index (κ1) is 13.0. The first-order valence-corrected chi connectivity index (χ1v) is 6.23. The van der Waals surface area contributed by atoms with E-state index in [1.807, 2.05) is 13.1 Å². The van der Waals surface area contributed by atoms with Crippen molar-refractivity contribution in [2.45, 2.75) is 24.7 Å². The van der Waals surface area contributed by atoms with E-state index in [0.29, 0.717) is 16.1 Å². The molecule has 3 atom stereocenters. The molecule has 17 heavy (non-hydrogen) atoms. The molecule has 2 rings (SSSR count). The molecule has 3 nitrogen and oxygen atoms in total. The lowest BCUT2D eigenvalue weighted by Gasteiger charge is -2.43. The molecule has 1 aromatic carbocycles. The van der Waals surface area contributed by atoms with Crippen LogP contribution in [0.4, 0.5) is 0 Å². The molecule has 1 aromatic rings. The zero-order valence-corrected chi connectivity index (χ0v) is 11.3. The van der Waals surface area contributed by atoms with E-state index >= 15 is 0 Å². The van der Waals surface area contributed by atoms with E-state index in [9.17, 15) is 0 Å². The maximum atomic E-state index is 5.93. The molecule has 1 saturated carbocycles. The van der Waals surface area contributed by atoms with Crippen LogP contribution >= 0.6 is 23.2 Å². The predicted octanol–water partition coefficient (Wildman–Crippen LogP) is 2.75. The number of nitrogens with one attached hydrogen (secondary N) is 1. The second-order valence-corrected chi connectivity index (χ2v) is 4.88. The van der Waals surface area contributed by atoms with E-state index in [-0.39, 0.29) is 12.2 Å². The van der Waals surface area contributed by atoms with Crippen molar-refractivity contribution in [1.82, 2.24) is 5.32 Å². The maximum Gasteiger partial charge on any atom is 0.128 e. The van der Waals surface area contributed by atoms with E-state index in [2.05, 4.69) is 5.32 Å². The average molecular weight is 276 g/mol. The molecule has 0 bridgehead atoms. The van der Waals surface area contributed by atoms with Crippen LogP contribution in [0.3, 0.4) is 0 Å². The highest BCUT2D eigenvalue weighted by molar-refractivity contribution is 6.42. The Bertz CT molecular complexity index is 400. The quantitative estimate of drug-likeness (QED) is 0.917. The predicted molar refractivity (Wildman–Crippen MR) is 69.1 cm³/mol. The van der Waals surface area contributed by atoms with Crippen LogP contribution in [-0.4, -0.2) is 32.4 Å². The highest BCUT2D eigenvalue weighted by Crippen LogP contribution is 2.31. The fourth-order valence-corrected chi connectivity index (χ4v) is 2.31. The summed E-state index contributed by atoms with van der Waals surface area (Å²) in [4.78, 5) is 0. The Hall–Kier alpha value is -0.480. The van der Waals surface area contributed by atoms with E-state index < -0.39 is 0 Å². The first-order valence-electron chi connectivity index (χ1n) is 5.47. The third kappa shape index (κ3) is 2.68. The monoisotopic (exact) mass is 275 g/mol. The number of benzene rings is 1. The molecule has 5 heteroatoms. The van der Waals surface area contributed by atoms with Crippen molar-refractivity contribution in [1.29, 1.82) is 0 Å². The molecule has 3 unspecified atom stereocenters. The number of rotatable bonds is 4. The van der Waals surface area contributed by atoms with Gasteiger partial charge in [-0.1, -0.05) is 23.2 Å². The summed E-state index contributed by atoms with van der Waals surface area (Å²) in [5.41, 5.74) is 0. The largest absolute Gasteiger partial charge is 0.488 e. The Kier molecular flexibility index (Phi) is 4.15. The highest BCUT2D eigenvalue weighted by atomic mass is 35.5. The lowest BCUT2D eigenvalue weighted by Crippen LogP contribution is -2.60. The summed E-state index contributed by atoms with van der Waals surface area (Å²) >= 11 is 11.8. The highest BCUT2D eigenvalue weighted by Gasteiger charge is 2.42. The topological polar surface area (TPSA) is 30.5 Å². The van der Waals surface area contributed by atoms with Crippen LogP contribution in [0, 0.1) is 0 Å². The normalized spacial score (nSPS) is 27.6. The van der Waals surface area contributed by atoms with Gasteiger partial charge in [0.05, 0.1) is 10.0 Å². The van der Waals surface area contributed by atoms with Crippen molar-refractivity contribution in [3.63, 3.8) is 0 Å². The summed E-state index contributed by atoms with van der Waals surface area (Å²) in [5, 5.41) is 4.22. The van der Waals surface area contributed by atoms with Crippen molar-refractivity contribution in [2.75, 3.05) is 14.2 Å². The van der Waals surface area contributed by atoms with Gasteiger partial charge in [0.15, 0.2) is 0 Å². The second kappa shape index (κ2) is 5.44. The third-order valence-electron chi connectivity index (χ3n) is 3.07. The first-order chi connectivity index (χ1) is 8.15. The van der Waals surface area contributed by atoms with Gasteiger partial charge in [-0.05, 0) is 19.2 Å². The molecule has 1 N–H and O–H groups in total. The second-order valence-electron chi connectivity index (χ2n) is 4.06. The van der Waals surface area contributed by atoms with Gasteiger partial charge in [0.2, 0.25) is 0 Å². The van der Waals surface area contributed by atoms with Crippen LogP contribution in [0.2, 0.25) is 10.0 Å². The summed E-state index contributed by atoms with van der Waals surface area (Å²) < 4.78 is 11.2.